The second kappa shape index (κ2) is 4.75. The summed E-state index contributed by atoms with van der Waals surface area (Å²) in [7, 11) is 0. The Morgan fingerprint density at radius 3 is 2.50 bits per heavy atom. The summed E-state index contributed by atoms with van der Waals surface area (Å²) < 4.78 is 0. The van der Waals surface area contributed by atoms with E-state index in [1.165, 1.54) is 48.9 Å². The zero-order chi connectivity index (χ0) is 13.4. The van der Waals surface area contributed by atoms with E-state index < -0.39 is 0 Å². The number of benzene rings is 2. The van der Waals surface area contributed by atoms with Gasteiger partial charge in [0, 0.05) is 12.6 Å². The van der Waals surface area contributed by atoms with Crippen molar-refractivity contribution in [1.29, 1.82) is 0 Å². The van der Waals surface area contributed by atoms with Gasteiger partial charge in [0.15, 0.2) is 0 Å². The van der Waals surface area contributed by atoms with Gasteiger partial charge in [-0.1, -0.05) is 54.6 Å². The summed E-state index contributed by atoms with van der Waals surface area (Å²) >= 11 is 0. The van der Waals surface area contributed by atoms with Crippen LogP contribution in [0.1, 0.15) is 24.8 Å². The first kappa shape index (κ1) is 12.2. The highest BCUT2D eigenvalue weighted by molar-refractivity contribution is 5.63. The van der Waals surface area contributed by atoms with Gasteiger partial charge in [0.05, 0.1) is 0 Å². The summed E-state index contributed by atoms with van der Waals surface area (Å²) in [5, 5.41) is 3.72. The molecule has 1 saturated carbocycles. The maximum Gasteiger partial charge on any atom is 0.0113 e. The highest BCUT2D eigenvalue weighted by atomic mass is 15.0. The largest absolute Gasteiger partial charge is 0.313 e. The summed E-state index contributed by atoms with van der Waals surface area (Å²) in [6, 6.07) is 20.4. The zero-order valence-corrected chi connectivity index (χ0v) is 11.8. The quantitative estimate of drug-likeness (QED) is 0.881. The molecule has 1 aliphatic heterocycles. The maximum atomic E-state index is 3.72. The van der Waals surface area contributed by atoms with Crippen LogP contribution in [0.15, 0.2) is 54.6 Å². The van der Waals surface area contributed by atoms with Crippen LogP contribution in [0.25, 0.3) is 11.1 Å². The van der Waals surface area contributed by atoms with Crippen molar-refractivity contribution in [2.75, 3.05) is 6.54 Å². The Morgan fingerprint density at radius 2 is 1.75 bits per heavy atom. The lowest BCUT2D eigenvalue weighted by molar-refractivity contribution is 0.540. The Morgan fingerprint density at radius 1 is 0.950 bits per heavy atom. The van der Waals surface area contributed by atoms with Crippen molar-refractivity contribution < 1.29 is 0 Å². The van der Waals surface area contributed by atoms with Crippen LogP contribution in [-0.2, 0) is 6.42 Å². The molecule has 1 heteroatoms. The molecule has 0 amide bonds. The van der Waals surface area contributed by atoms with E-state index in [1.54, 1.807) is 0 Å². The second-order valence-electron chi connectivity index (χ2n) is 6.55. The third-order valence-electron chi connectivity index (χ3n) is 4.92. The lowest BCUT2D eigenvalue weighted by Crippen LogP contribution is -2.23. The fourth-order valence-corrected chi connectivity index (χ4v) is 3.52. The molecule has 1 saturated heterocycles. The number of rotatable bonds is 3. The monoisotopic (exact) mass is 263 g/mol. The second-order valence-corrected chi connectivity index (χ2v) is 6.55. The standard InChI is InChI=1S/C19H21N/c1-2-6-16(7-3-1)17-8-4-5-15(11-17)12-18-13-19(9-10-19)14-20-18/h1-8,11,18,20H,9-10,12-14H2. The summed E-state index contributed by atoms with van der Waals surface area (Å²) in [5.41, 5.74) is 4.80. The van der Waals surface area contributed by atoms with Crippen LogP contribution < -0.4 is 5.32 Å². The van der Waals surface area contributed by atoms with Crippen LogP contribution in [-0.4, -0.2) is 12.6 Å². The first-order chi connectivity index (χ1) is 9.83. The van der Waals surface area contributed by atoms with E-state index in [1.807, 2.05) is 0 Å². The molecule has 0 radical (unpaired) electrons. The molecule has 1 N–H and O–H groups in total. The van der Waals surface area contributed by atoms with Gasteiger partial charge in [0.25, 0.3) is 0 Å². The van der Waals surface area contributed by atoms with Crippen molar-refractivity contribution in [2.24, 2.45) is 5.41 Å². The smallest absolute Gasteiger partial charge is 0.0113 e. The van der Waals surface area contributed by atoms with Gasteiger partial charge < -0.3 is 5.32 Å². The van der Waals surface area contributed by atoms with E-state index in [2.05, 4.69) is 59.9 Å². The molecule has 0 bridgehead atoms. The summed E-state index contributed by atoms with van der Waals surface area (Å²) in [5.74, 6) is 0. The first-order valence-electron chi connectivity index (χ1n) is 7.71. The molecule has 2 fully saturated rings. The predicted molar refractivity (Wildman–Crippen MR) is 83.7 cm³/mol. The molecule has 1 heterocycles. The zero-order valence-electron chi connectivity index (χ0n) is 11.8. The van der Waals surface area contributed by atoms with E-state index in [0.29, 0.717) is 11.5 Å². The molecule has 4 rings (SSSR count). The van der Waals surface area contributed by atoms with Gasteiger partial charge in [-0.3, -0.25) is 0 Å². The Bertz CT molecular complexity index is 598. The molecule has 1 nitrogen and oxygen atoms in total. The van der Waals surface area contributed by atoms with Gasteiger partial charge in [-0.05, 0) is 47.8 Å². The highest BCUT2D eigenvalue weighted by Gasteiger charge is 2.47. The predicted octanol–water partition coefficient (Wildman–Crippen LogP) is 4.04. The van der Waals surface area contributed by atoms with Gasteiger partial charge in [-0.15, -0.1) is 0 Å². The van der Waals surface area contributed by atoms with Crippen LogP contribution >= 0.6 is 0 Å². The summed E-state index contributed by atoms with van der Waals surface area (Å²) in [6.45, 7) is 1.25. The Labute approximate surface area is 121 Å². The van der Waals surface area contributed by atoms with E-state index in [4.69, 9.17) is 0 Å². The van der Waals surface area contributed by atoms with Crippen molar-refractivity contribution >= 4 is 0 Å². The fourth-order valence-electron chi connectivity index (χ4n) is 3.52. The number of hydrogen-bond donors (Lipinski definition) is 1. The highest BCUT2D eigenvalue weighted by Crippen LogP contribution is 2.52. The maximum absolute atomic E-state index is 3.72. The molecular weight excluding hydrogens is 242 g/mol. The van der Waals surface area contributed by atoms with Crippen LogP contribution in [0.3, 0.4) is 0 Å². The van der Waals surface area contributed by atoms with E-state index in [0.717, 1.165) is 0 Å². The van der Waals surface area contributed by atoms with Crippen molar-refractivity contribution in [3.8, 4) is 11.1 Å². The Kier molecular flexibility index (Phi) is 2.89. The molecule has 1 unspecified atom stereocenters. The molecule has 1 aliphatic carbocycles. The van der Waals surface area contributed by atoms with Crippen molar-refractivity contribution in [1.82, 2.24) is 5.32 Å². The number of hydrogen-bond acceptors (Lipinski definition) is 1. The molecule has 20 heavy (non-hydrogen) atoms. The summed E-state index contributed by atoms with van der Waals surface area (Å²) in [4.78, 5) is 0. The first-order valence-corrected chi connectivity index (χ1v) is 7.71. The lowest BCUT2D eigenvalue weighted by Gasteiger charge is -2.12. The van der Waals surface area contributed by atoms with Gasteiger partial charge in [0.1, 0.15) is 0 Å². The van der Waals surface area contributed by atoms with Crippen LogP contribution in [0.5, 0.6) is 0 Å². The minimum absolute atomic E-state index is 0.684. The van der Waals surface area contributed by atoms with Crippen LogP contribution in [0.4, 0.5) is 0 Å². The summed E-state index contributed by atoms with van der Waals surface area (Å²) in [6.07, 6.45) is 5.44. The minimum atomic E-state index is 0.684. The molecular formula is C19H21N. The lowest BCUT2D eigenvalue weighted by atomic mass is 9.96. The van der Waals surface area contributed by atoms with E-state index in [9.17, 15) is 0 Å². The molecule has 0 aromatic heterocycles. The van der Waals surface area contributed by atoms with Gasteiger partial charge in [-0.25, -0.2) is 0 Å². The van der Waals surface area contributed by atoms with E-state index in [-0.39, 0.29) is 0 Å². The Balaban J connectivity index is 1.51. The Hall–Kier alpha value is -1.60. The molecule has 1 atom stereocenters. The molecule has 102 valence electrons. The average Bonchev–Trinajstić information content (AvgIpc) is 3.14. The topological polar surface area (TPSA) is 12.0 Å². The van der Waals surface area contributed by atoms with Gasteiger partial charge in [-0.2, -0.15) is 0 Å². The average molecular weight is 263 g/mol. The normalized spacial score (nSPS) is 23.1. The van der Waals surface area contributed by atoms with Crippen molar-refractivity contribution in [3.63, 3.8) is 0 Å². The fraction of sp³-hybridized carbons (Fsp3) is 0.368. The third-order valence-corrected chi connectivity index (χ3v) is 4.92. The van der Waals surface area contributed by atoms with Gasteiger partial charge >= 0.3 is 0 Å². The third kappa shape index (κ3) is 2.38. The molecule has 2 aromatic carbocycles. The minimum Gasteiger partial charge on any atom is -0.313 e. The SMILES string of the molecule is c1ccc(-c2cccc(CC3CC4(CC4)CN3)c2)cc1. The van der Waals surface area contributed by atoms with Crippen molar-refractivity contribution in [2.45, 2.75) is 31.7 Å². The molecule has 1 spiro atoms. The van der Waals surface area contributed by atoms with Crippen LogP contribution in [0.2, 0.25) is 0 Å². The van der Waals surface area contributed by atoms with Crippen LogP contribution in [0, 0.1) is 5.41 Å². The van der Waals surface area contributed by atoms with Crippen molar-refractivity contribution in [3.05, 3.63) is 60.2 Å². The molecule has 2 aliphatic rings. The van der Waals surface area contributed by atoms with Gasteiger partial charge in [0.2, 0.25) is 0 Å². The number of nitrogens with one attached hydrogen (secondary N) is 1. The van der Waals surface area contributed by atoms with E-state index >= 15 is 0 Å². The molecule has 2 aromatic rings.